The maximum atomic E-state index is 12.9. The van der Waals surface area contributed by atoms with E-state index in [2.05, 4.69) is 25.1 Å². The van der Waals surface area contributed by atoms with E-state index in [9.17, 15) is 29.5 Å². The Morgan fingerprint density at radius 1 is 1.30 bits per heavy atom. The van der Waals surface area contributed by atoms with E-state index < -0.39 is 34.9 Å². The van der Waals surface area contributed by atoms with Gasteiger partial charge in [0.15, 0.2) is 5.13 Å². The summed E-state index contributed by atoms with van der Waals surface area (Å²) in [7, 11) is 0. The summed E-state index contributed by atoms with van der Waals surface area (Å²) in [5, 5.41) is 35.6. The molecule has 2 saturated heterocycles. The number of hydrogen-bond acceptors (Lipinski definition) is 13. The highest BCUT2D eigenvalue weighted by Gasteiger charge is 2.54. The van der Waals surface area contributed by atoms with Crippen LogP contribution in [0.15, 0.2) is 28.1 Å². The second kappa shape index (κ2) is 11.2. The number of likely N-dealkylation sites (tertiary alicyclic amines) is 1. The minimum absolute atomic E-state index is 0.00203. The Kier molecular flexibility index (Phi) is 8.06. The van der Waals surface area contributed by atoms with Gasteiger partial charge in [0, 0.05) is 49.0 Å². The SMILES string of the molecule is Nc1nc(/C(=N/O)C(=O)N[C@@H]2C(=O)N3C(C(=O)O)=C(/C=C4\CCN(CCNCCO)C4=O)CS[C@H]23)ns1. The van der Waals surface area contributed by atoms with Crippen molar-refractivity contribution in [2.45, 2.75) is 17.8 Å². The van der Waals surface area contributed by atoms with Crippen LogP contribution in [0, 0.1) is 0 Å². The molecule has 0 radical (unpaired) electrons. The maximum absolute atomic E-state index is 12.9. The van der Waals surface area contributed by atoms with Gasteiger partial charge in [-0.1, -0.05) is 5.16 Å². The largest absolute Gasteiger partial charge is 0.477 e. The Bertz CT molecular complexity index is 1210. The van der Waals surface area contributed by atoms with Crippen LogP contribution in [0.3, 0.4) is 0 Å². The van der Waals surface area contributed by atoms with Gasteiger partial charge in [-0.3, -0.25) is 19.3 Å². The smallest absolute Gasteiger partial charge is 0.352 e. The highest BCUT2D eigenvalue weighted by molar-refractivity contribution is 8.00. The van der Waals surface area contributed by atoms with Crippen LogP contribution in [-0.2, 0) is 19.2 Å². The van der Waals surface area contributed by atoms with Crippen molar-refractivity contribution in [3.05, 3.63) is 28.7 Å². The summed E-state index contributed by atoms with van der Waals surface area (Å²) in [5.41, 5.74) is 5.50. The molecule has 3 aliphatic rings. The van der Waals surface area contributed by atoms with Crippen molar-refractivity contribution < 1.29 is 34.6 Å². The highest BCUT2D eigenvalue weighted by Crippen LogP contribution is 2.41. The van der Waals surface area contributed by atoms with Gasteiger partial charge in [-0.15, -0.1) is 11.8 Å². The maximum Gasteiger partial charge on any atom is 0.352 e. The van der Waals surface area contributed by atoms with Crippen molar-refractivity contribution in [3.8, 4) is 0 Å². The number of amides is 3. The number of nitrogen functional groups attached to an aromatic ring is 1. The lowest BCUT2D eigenvalue weighted by molar-refractivity contribution is -0.150. The second-order valence-corrected chi connectivity index (χ2v) is 10.0. The lowest BCUT2D eigenvalue weighted by atomic mass is 10.0. The van der Waals surface area contributed by atoms with Gasteiger partial charge in [0.25, 0.3) is 11.8 Å². The molecule has 3 amide bonds. The van der Waals surface area contributed by atoms with Gasteiger partial charge in [0.2, 0.25) is 17.4 Å². The molecular weight excluding hydrogens is 528 g/mol. The molecule has 1 aromatic rings. The number of aliphatic hydroxyl groups excluding tert-OH is 1. The topological polar surface area (TPSA) is 224 Å². The fraction of sp³-hybridized carbons (Fsp3) is 0.450. The quantitative estimate of drug-likeness (QED) is 0.0453. The molecule has 0 saturated carbocycles. The Hall–Kier alpha value is -3.54. The number of rotatable bonds is 10. The van der Waals surface area contributed by atoms with Gasteiger partial charge in [-0.05, 0) is 18.1 Å². The summed E-state index contributed by atoms with van der Waals surface area (Å²) in [6, 6.07) is -1.07. The summed E-state index contributed by atoms with van der Waals surface area (Å²) >= 11 is 2.03. The van der Waals surface area contributed by atoms with E-state index >= 15 is 0 Å². The molecule has 0 aromatic carbocycles. The number of nitrogens with zero attached hydrogens (tertiary/aromatic N) is 5. The molecule has 1 aromatic heterocycles. The lowest BCUT2D eigenvalue weighted by Crippen LogP contribution is -2.71. The summed E-state index contributed by atoms with van der Waals surface area (Å²) in [6.07, 6.45) is 1.97. The highest BCUT2D eigenvalue weighted by atomic mass is 32.2. The van der Waals surface area contributed by atoms with Crippen molar-refractivity contribution in [2.24, 2.45) is 5.16 Å². The number of nitrogens with two attached hydrogens (primary N) is 1. The van der Waals surface area contributed by atoms with Crippen molar-refractivity contribution >= 4 is 57.8 Å². The Balaban J connectivity index is 1.47. The fourth-order valence-electron chi connectivity index (χ4n) is 4.13. The molecule has 0 spiro atoms. The Labute approximate surface area is 218 Å². The molecule has 4 heterocycles. The predicted molar refractivity (Wildman–Crippen MR) is 132 cm³/mol. The molecule has 198 valence electrons. The summed E-state index contributed by atoms with van der Waals surface area (Å²) in [4.78, 5) is 56.9. The van der Waals surface area contributed by atoms with Gasteiger partial charge in [0.05, 0.1) is 6.61 Å². The van der Waals surface area contributed by atoms with Crippen molar-refractivity contribution in [2.75, 3.05) is 44.3 Å². The molecule has 4 rings (SSSR count). The fourth-order valence-corrected chi connectivity index (χ4v) is 5.87. The lowest BCUT2D eigenvalue weighted by Gasteiger charge is -2.49. The molecule has 0 unspecified atom stereocenters. The number of allylic oxidation sites excluding steroid dienone is 1. The number of oxime groups is 1. The Morgan fingerprint density at radius 2 is 2.08 bits per heavy atom. The number of fused-ring (bicyclic) bond motifs is 1. The molecular formula is C20H24N8O7S2. The molecule has 37 heavy (non-hydrogen) atoms. The third kappa shape index (κ3) is 5.29. The zero-order chi connectivity index (χ0) is 26.7. The van der Waals surface area contributed by atoms with Crippen LogP contribution in [0.25, 0.3) is 0 Å². The van der Waals surface area contributed by atoms with E-state index in [1.54, 1.807) is 4.90 Å². The number of anilines is 1. The number of carboxylic acids is 1. The number of nitrogens with one attached hydrogen (secondary N) is 2. The third-order valence-corrected chi connectivity index (χ3v) is 7.71. The van der Waals surface area contributed by atoms with E-state index in [1.165, 1.54) is 17.8 Å². The van der Waals surface area contributed by atoms with Gasteiger partial charge >= 0.3 is 5.97 Å². The normalized spacial score (nSPS) is 22.9. The average Bonchev–Trinajstić information content (AvgIpc) is 3.45. The first-order valence-corrected chi connectivity index (χ1v) is 12.9. The number of hydrogen-bond donors (Lipinski definition) is 6. The standard InChI is InChI=1S/C20H24N8O7S2/c21-20-24-14(26-37-20)11(25-35)15(30)23-12-17(32)28-13(19(33)34)10(8-36-18(12)28)7-9-1-4-27(16(9)31)5-2-22-3-6-29/h7,12,18,22,29,35H,1-6,8H2,(H,23,30)(H,33,34)(H2,21,24,26)/b9-7+,25-11-/t12-,18-/m1/s1. The van der Waals surface area contributed by atoms with Crippen LogP contribution in [-0.4, -0.2) is 114 Å². The molecule has 7 N–H and O–H groups in total. The zero-order valence-electron chi connectivity index (χ0n) is 19.3. The summed E-state index contributed by atoms with van der Waals surface area (Å²) < 4.78 is 3.81. The van der Waals surface area contributed by atoms with Crippen LogP contribution >= 0.6 is 23.3 Å². The minimum atomic E-state index is -1.33. The first-order chi connectivity index (χ1) is 17.8. The van der Waals surface area contributed by atoms with Crippen molar-refractivity contribution in [1.29, 1.82) is 0 Å². The van der Waals surface area contributed by atoms with Crippen LogP contribution in [0.2, 0.25) is 0 Å². The van der Waals surface area contributed by atoms with Crippen LogP contribution < -0.4 is 16.4 Å². The number of aromatic nitrogens is 2. The van der Waals surface area contributed by atoms with E-state index in [-0.39, 0.29) is 34.9 Å². The molecule has 2 fully saturated rings. The minimum Gasteiger partial charge on any atom is -0.477 e. The number of carbonyl (C=O) groups is 4. The van der Waals surface area contributed by atoms with E-state index in [0.717, 1.165) is 16.4 Å². The number of β-lactam (4-membered cyclic amide) rings is 1. The summed E-state index contributed by atoms with van der Waals surface area (Å²) in [5.74, 6) is -3.12. The number of aliphatic hydroxyl groups is 1. The molecule has 0 bridgehead atoms. The van der Waals surface area contributed by atoms with Gasteiger partial charge < -0.3 is 36.7 Å². The number of carboxylic acid groups (broad SMARTS) is 1. The van der Waals surface area contributed by atoms with Crippen molar-refractivity contribution in [3.63, 3.8) is 0 Å². The van der Waals surface area contributed by atoms with Gasteiger partial charge in [-0.25, -0.2) is 4.79 Å². The molecule has 3 aliphatic heterocycles. The predicted octanol–water partition coefficient (Wildman–Crippen LogP) is -2.22. The first kappa shape index (κ1) is 26.5. The summed E-state index contributed by atoms with van der Waals surface area (Å²) in [6.45, 7) is 1.88. The van der Waals surface area contributed by atoms with E-state index in [1.807, 2.05) is 0 Å². The van der Waals surface area contributed by atoms with Crippen molar-refractivity contribution in [1.82, 2.24) is 29.8 Å². The second-order valence-electron chi connectivity index (χ2n) is 8.13. The van der Waals surface area contributed by atoms with Crippen LogP contribution in [0.5, 0.6) is 0 Å². The number of thioether (sulfide) groups is 1. The number of aliphatic carboxylic acids is 1. The third-order valence-electron chi connectivity index (χ3n) is 5.86. The Morgan fingerprint density at radius 3 is 2.73 bits per heavy atom. The van der Waals surface area contributed by atoms with E-state index in [0.29, 0.717) is 43.7 Å². The average molecular weight is 553 g/mol. The number of carbonyl (C=O) groups excluding carboxylic acids is 3. The monoisotopic (exact) mass is 552 g/mol. The molecule has 15 nitrogen and oxygen atoms in total. The first-order valence-electron chi connectivity index (χ1n) is 11.1. The van der Waals surface area contributed by atoms with Gasteiger partial charge in [-0.2, -0.15) is 9.36 Å². The van der Waals surface area contributed by atoms with Gasteiger partial charge in [0.1, 0.15) is 17.1 Å². The van der Waals surface area contributed by atoms with Crippen LogP contribution in [0.1, 0.15) is 12.2 Å². The molecule has 17 heteroatoms. The molecule has 0 aliphatic carbocycles. The molecule has 2 atom stereocenters. The van der Waals surface area contributed by atoms with Crippen LogP contribution in [0.4, 0.5) is 5.13 Å². The zero-order valence-corrected chi connectivity index (χ0v) is 20.9. The van der Waals surface area contributed by atoms with E-state index in [4.69, 9.17) is 10.8 Å².